The van der Waals surface area contributed by atoms with Crippen LogP contribution < -0.4 is 10.6 Å². The Morgan fingerprint density at radius 1 is 1.28 bits per heavy atom. The van der Waals surface area contributed by atoms with Crippen molar-refractivity contribution in [1.82, 2.24) is 20.4 Å². The number of guanidine groups is 1. The summed E-state index contributed by atoms with van der Waals surface area (Å²) in [4.78, 5) is 22.9. The number of fused-ring (bicyclic) bond motifs is 1. The second-order valence-electron chi connectivity index (χ2n) is 7.89. The summed E-state index contributed by atoms with van der Waals surface area (Å²) in [7, 11) is 0. The van der Waals surface area contributed by atoms with Gasteiger partial charge in [0.1, 0.15) is 6.54 Å². The third-order valence-electron chi connectivity index (χ3n) is 5.43. The molecule has 2 N–H and O–H groups in total. The van der Waals surface area contributed by atoms with Gasteiger partial charge >= 0.3 is 0 Å². The molecule has 1 aromatic rings. The first-order valence-electron chi connectivity index (χ1n) is 10.2. The van der Waals surface area contributed by atoms with Crippen LogP contribution in [0.3, 0.4) is 0 Å². The summed E-state index contributed by atoms with van der Waals surface area (Å²) >= 11 is 1.79. The highest BCUT2D eigenvalue weighted by Gasteiger charge is 2.28. The molecule has 9 heteroatoms. The molecular formula is C20H34IN5O2S. The quantitative estimate of drug-likeness (QED) is 0.331. The number of nitrogens with one attached hydrogen (secondary N) is 2. The lowest BCUT2D eigenvalue weighted by atomic mass is 10.0. The Labute approximate surface area is 195 Å². The number of carbonyl (C=O) groups excluding carboxylic acids is 1. The van der Waals surface area contributed by atoms with Crippen molar-refractivity contribution in [3.8, 4) is 0 Å². The van der Waals surface area contributed by atoms with Crippen molar-refractivity contribution in [3.63, 3.8) is 0 Å². The molecule has 29 heavy (non-hydrogen) atoms. The van der Waals surface area contributed by atoms with Crippen molar-refractivity contribution in [2.75, 3.05) is 52.5 Å². The van der Waals surface area contributed by atoms with Crippen LogP contribution in [-0.2, 0) is 22.5 Å². The van der Waals surface area contributed by atoms with E-state index in [0.29, 0.717) is 12.5 Å². The van der Waals surface area contributed by atoms with E-state index in [2.05, 4.69) is 45.8 Å². The topological polar surface area (TPSA) is 69.2 Å². The average molecular weight is 535 g/mol. The molecule has 164 valence electrons. The van der Waals surface area contributed by atoms with Crippen LogP contribution in [0, 0.1) is 0 Å². The van der Waals surface area contributed by atoms with Crippen LogP contribution in [0.1, 0.15) is 31.2 Å². The Hall–Kier alpha value is -0.910. The van der Waals surface area contributed by atoms with Crippen LogP contribution in [-0.4, -0.2) is 79.7 Å². The van der Waals surface area contributed by atoms with Gasteiger partial charge in [0.15, 0.2) is 5.96 Å². The van der Waals surface area contributed by atoms with Gasteiger partial charge in [-0.15, -0.1) is 35.3 Å². The summed E-state index contributed by atoms with van der Waals surface area (Å²) < 4.78 is 5.46. The summed E-state index contributed by atoms with van der Waals surface area (Å²) in [6.45, 7) is 13.1. The zero-order valence-corrected chi connectivity index (χ0v) is 20.8. The summed E-state index contributed by atoms with van der Waals surface area (Å²) in [5.74, 6) is 0.784. The van der Waals surface area contributed by atoms with Crippen LogP contribution >= 0.6 is 35.3 Å². The predicted molar refractivity (Wildman–Crippen MR) is 129 cm³/mol. The molecule has 0 aromatic carbocycles. The van der Waals surface area contributed by atoms with Gasteiger partial charge in [0, 0.05) is 49.7 Å². The average Bonchev–Trinajstić information content (AvgIpc) is 3.18. The van der Waals surface area contributed by atoms with Crippen LogP contribution in [0.2, 0.25) is 0 Å². The monoisotopic (exact) mass is 535 g/mol. The molecule has 0 saturated carbocycles. The van der Waals surface area contributed by atoms with Crippen LogP contribution in [0.4, 0.5) is 0 Å². The van der Waals surface area contributed by atoms with E-state index < -0.39 is 0 Å². The zero-order valence-electron chi connectivity index (χ0n) is 17.7. The van der Waals surface area contributed by atoms with E-state index >= 15 is 0 Å². The number of rotatable bonds is 6. The summed E-state index contributed by atoms with van der Waals surface area (Å²) in [6, 6.07) is 2.13. The first-order chi connectivity index (χ1) is 13.5. The molecule has 0 unspecified atom stereocenters. The van der Waals surface area contributed by atoms with Gasteiger partial charge in [0.2, 0.25) is 5.91 Å². The van der Waals surface area contributed by atoms with Crippen LogP contribution in [0.15, 0.2) is 16.4 Å². The molecular weight excluding hydrogens is 501 g/mol. The van der Waals surface area contributed by atoms with Crippen molar-refractivity contribution in [2.45, 2.75) is 39.3 Å². The maximum Gasteiger partial charge on any atom is 0.244 e. The van der Waals surface area contributed by atoms with E-state index in [1.54, 1.807) is 11.3 Å². The molecule has 0 radical (unpaired) electrons. The van der Waals surface area contributed by atoms with Gasteiger partial charge < -0.3 is 20.3 Å². The van der Waals surface area contributed by atoms with Gasteiger partial charge in [-0.2, -0.15) is 0 Å². The Bertz CT molecular complexity index is 688. The lowest BCUT2D eigenvalue weighted by Gasteiger charge is -2.41. The molecule has 0 spiro atoms. The van der Waals surface area contributed by atoms with E-state index in [1.165, 1.54) is 10.4 Å². The van der Waals surface area contributed by atoms with E-state index in [9.17, 15) is 4.79 Å². The normalized spacial score (nSPS) is 18.0. The first kappa shape index (κ1) is 24.4. The standard InChI is InChI=1S/C20H33N5O2S.HI/c1-4-21-19(23-15-20(2,3)25-8-10-27-11-9-25)22-13-18(26)24-7-5-17-16(14-24)6-12-28-17;/h6,12H,4-5,7-11,13-15H2,1-3H3,(H2,21,22,23);1H. The number of aliphatic imine (C=N–C) groups is 1. The third kappa shape index (κ3) is 6.80. The SMILES string of the molecule is CCNC(=NCC(=O)N1CCc2sccc2C1)NCC(C)(C)N1CCOCC1.I. The third-order valence-corrected chi connectivity index (χ3v) is 6.46. The Kier molecular flexibility index (Phi) is 9.64. The summed E-state index contributed by atoms with van der Waals surface area (Å²) in [5, 5.41) is 8.78. The minimum atomic E-state index is -0.00774. The molecule has 7 nitrogen and oxygen atoms in total. The van der Waals surface area contributed by atoms with Gasteiger partial charge in [-0.05, 0) is 44.2 Å². The zero-order chi connectivity index (χ0) is 20.0. The van der Waals surface area contributed by atoms with Crippen molar-refractivity contribution < 1.29 is 9.53 Å². The van der Waals surface area contributed by atoms with Gasteiger partial charge in [0.05, 0.1) is 13.2 Å². The molecule has 1 fully saturated rings. The molecule has 2 aliphatic heterocycles. The highest BCUT2D eigenvalue weighted by molar-refractivity contribution is 14.0. The number of hydrogen-bond acceptors (Lipinski definition) is 5. The lowest BCUT2D eigenvalue weighted by Crippen LogP contribution is -2.56. The number of carbonyl (C=O) groups is 1. The fourth-order valence-electron chi connectivity index (χ4n) is 3.63. The van der Waals surface area contributed by atoms with Crippen LogP contribution in [0.5, 0.6) is 0 Å². The molecule has 0 bridgehead atoms. The first-order valence-corrected chi connectivity index (χ1v) is 11.1. The van der Waals surface area contributed by atoms with E-state index in [0.717, 1.165) is 52.4 Å². The lowest BCUT2D eigenvalue weighted by molar-refractivity contribution is -0.130. The number of amides is 1. The van der Waals surface area contributed by atoms with Crippen molar-refractivity contribution >= 4 is 47.2 Å². The number of nitrogens with zero attached hydrogens (tertiary/aromatic N) is 3. The number of thiophene rings is 1. The van der Waals surface area contributed by atoms with Crippen molar-refractivity contribution in [2.24, 2.45) is 4.99 Å². The predicted octanol–water partition coefficient (Wildman–Crippen LogP) is 1.92. The smallest absolute Gasteiger partial charge is 0.244 e. The summed E-state index contributed by atoms with van der Waals surface area (Å²) in [6.07, 6.45) is 0.953. The number of hydrogen-bond donors (Lipinski definition) is 2. The fourth-order valence-corrected chi connectivity index (χ4v) is 4.52. The number of ether oxygens (including phenoxy) is 1. The van der Waals surface area contributed by atoms with E-state index in [4.69, 9.17) is 4.74 Å². The summed E-state index contributed by atoms with van der Waals surface area (Å²) in [5.41, 5.74) is 1.28. The van der Waals surface area contributed by atoms with Crippen molar-refractivity contribution in [1.29, 1.82) is 0 Å². The second kappa shape index (κ2) is 11.5. The van der Waals surface area contributed by atoms with E-state index in [-0.39, 0.29) is 42.0 Å². The molecule has 0 atom stereocenters. The largest absolute Gasteiger partial charge is 0.379 e. The molecule has 1 saturated heterocycles. The van der Waals surface area contributed by atoms with Gasteiger partial charge in [0.25, 0.3) is 0 Å². The Morgan fingerprint density at radius 3 is 2.76 bits per heavy atom. The van der Waals surface area contributed by atoms with E-state index in [1.807, 2.05) is 11.8 Å². The Morgan fingerprint density at radius 2 is 2.03 bits per heavy atom. The molecule has 2 aliphatic rings. The molecule has 3 rings (SSSR count). The maximum atomic E-state index is 12.6. The molecule has 1 aromatic heterocycles. The van der Waals surface area contributed by atoms with Gasteiger partial charge in [-0.3, -0.25) is 9.69 Å². The molecule has 0 aliphatic carbocycles. The van der Waals surface area contributed by atoms with Crippen molar-refractivity contribution in [3.05, 3.63) is 21.9 Å². The molecule has 3 heterocycles. The maximum absolute atomic E-state index is 12.6. The number of morpholine rings is 1. The van der Waals surface area contributed by atoms with Gasteiger partial charge in [-0.25, -0.2) is 4.99 Å². The fraction of sp³-hybridized carbons (Fsp3) is 0.700. The second-order valence-corrected chi connectivity index (χ2v) is 8.90. The minimum absolute atomic E-state index is 0. The minimum Gasteiger partial charge on any atom is -0.379 e. The highest BCUT2D eigenvalue weighted by atomic mass is 127. The molecule has 1 amide bonds. The number of halogens is 1. The Balaban J connectivity index is 0.00000300. The van der Waals surface area contributed by atoms with Crippen LogP contribution in [0.25, 0.3) is 0 Å². The van der Waals surface area contributed by atoms with Gasteiger partial charge in [-0.1, -0.05) is 0 Å². The highest BCUT2D eigenvalue weighted by Crippen LogP contribution is 2.24.